The first-order valence-electron chi connectivity index (χ1n) is 6.05. The molecule has 0 unspecified atom stereocenters. The van der Waals surface area contributed by atoms with Crippen molar-refractivity contribution in [3.8, 4) is 0 Å². The highest BCUT2D eigenvalue weighted by atomic mass is 79.9. The summed E-state index contributed by atoms with van der Waals surface area (Å²) in [6.07, 6.45) is 0.394. The first-order chi connectivity index (χ1) is 9.92. The number of sulfonamides is 1. The molecule has 0 aliphatic carbocycles. The van der Waals surface area contributed by atoms with Crippen molar-refractivity contribution in [2.45, 2.75) is 17.9 Å². The number of nitrogens with one attached hydrogen (secondary N) is 1. The van der Waals surface area contributed by atoms with Gasteiger partial charge in [-0.2, -0.15) is 0 Å². The average Bonchev–Trinajstić information content (AvgIpc) is 2.81. The fraction of sp³-hybridized carbons (Fsp3) is 0.231. The number of thiophene rings is 1. The maximum absolute atomic E-state index is 13.0. The normalized spacial score (nSPS) is 11.8. The molecule has 0 saturated carbocycles. The zero-order valence-corrected chi connectivity index (χ0v) is 14.1. The Labute approximate surface area is 134 Å². The lowest BCUT2D eigenvalue weighted by molar-refractivity contribution is 0.285. The Kier molecular flexibility index (Phi) is 5.50. The lowest BCUT2D eigenvalue weighted by Crippen LogP contribution is -2.25. The van der Waals surface area contributed by atoms with E-state index in [0.29, 0.717) is 15.1 Å². The molecule has 1 aromatic heterocycles. The molecule has 0 amide bonds. The van der Waals surface area contributed by atoms with Crippen LogP contribution in [0.4, 0.5) is 4.39 Å². The van der Waals surface area contributed by atoms with E-state index in [1.165, 1.54) is 29.5 Å². The molecule has 0 bridgehead atoms. The molecule has 2 aromatic rings. The summed E-state index contributed by atoms with van der Waals surface area (Å²) >= 11 is 4.35. The predicted molar refractivity (Wildman–Crippen MR) is 83.2 cm³/mol. The van der Waals surface area contributed by atoms with Crippen LogP contribution in [0.15, 0.2) is 39.0 Å². The van der Waals surface area contributed by atoms with Gasteiger partial charge in [0.2, 0.25) is 10.0 Å². The molecule has 0 aliphatic rings. The summed E-state index contributed by atoms with van der Waals surface area (Å²) in [6, 6.07) is 7.47. The van der Waals surface area contributed by atoms with Crippen LogP contribution >= 0.6 is 27.3 Å². The molecule has 2 rings (SSSR count). The SMILES string of the molecule is O=S(=O)(NCCc1cccc(F)c1)c1cc(CO)sc1Br. The molecule has 1 aromatic carbocycles. The van der Waals surface area contributed by atoms with E-state index in [9.17, 15) is 12.8 Å². The number of hydrogen-bond acceptors (Lipinski definition) is 4. The van der Waals surface area contributed by atoms with Crippen LogP contribution in [0.25, 0.3) is 0 Å². The van der Waals surface area contributed by atoms with Crippen LogP contribution in [0, 0.1) is 5.82 Å². The van der Waals surface area contributed by atoms with E-state index in [1.807, 2.05) is 0 Å². The van der Waals surface area contributed by atoms with E-state index < -0.39 is 10.0 Å². The molecule has 2 N–H and O–H groups in total. The maximum atomic E-state index is 13.0. The van der Waals surface area contributed by atoms with Crippen LogP contribution in [0.2, 0.25) is 0 Å². The number of rotatable bonds is 6. The van der Waals surface area contributed by atoms with Crippen LogP contribution in [0.5, 0.6) is 0 Å². The minimum atomic E-state index is -3.65. The van der Waals surface area contributed by atoms with Gasteiger partial charge in [0.1, 0.15) is 10.7 Å². The van der Waals surface area contributed by atoms with Crippen molar-refractivity contribution < 1.29 is 17.9 Å². The van der Waals surface area contributed by atoms with Crippen LogP contribution in [-0.2, 0) is 23.1 Å². The molecule has 4 nitrogen and oxygen atoms in total. The number of hydrogen-bond donors (Lipinski definition) is 2. The van der Waals surface area contributed by atoms with Gasteiger partial charge < -0.3 is 5.11 Å². The Balaban J connectivity index is 2.03. The average molecular weight is 394 g/mol. The molecule has 0 atom stereocenters. The zero-order valence-electron chi connectivity index (χ0n) is 10.8. The number of benzene rings is 1. The summed E-state index contributed by atoms with van der Waals surface area (Å²) in [7, 11) is -3.65. The fourth-order valence-corrected chi connectivity index (χ4v) is 5.33. The van der Waals surface area contributed by atoms with E-state index >= 15 is 0 Å². The largest absolute Gasteiger partial charge is 0.391 e. The lowest BCUT2D eigenvalue weighted by Gasteiger charge is -2.06. The highest BCUT2D eigenvalue weighted by Crippen LogP contribution is 2.31. The second kappa shape index (κ2) is 6.97. The van der Waals surface area contributed by atoms with E-state index in [2.05, 4.69) is 20.7 Å². The summed E-state index contributed by atoms with van der Waals surface area (Å²) in [5, 5.41) is 9.03. The van der Waals surface area contributed by atoms with Gasteiger partial charge in [-0.1, -0.05) is 12.1 Å². The molecule has 1 heterocycles. The van der Waals surface area contributed by atoms with Crippen LogP contribution in [-0.4, -0.2) is 20.1 Å². The second-order valence-electron chi connectivity index (χ2n) is 4.29. The smallest absolute Gasteiger partial charge is 0.242 e. The van der Waals surface area contributed by atoms with Gasteiger partial charge in [0.15, 0.2) is 0 Å². The first kappa shape index (κ1) is 16.6. The summed E-state index contributed by atoms with van der Waals surface area (Å²) in [5.41, 5.74) is 0.720. The molecule has 0 saturated heterocycles. The Bertz CT molecular complexity index is 731. The number of aliphatic hydroxyl groups excluding tert-OH is 1. The van der Waals surface area contributed by atoms with Crippen molar-refractivity contribution in [3.63, 3.8) is 0 Å². The molecule has 0 fully saturated rings. The van der Waals surface area contributed by atoms with Crippen molar-refractivity contribution in [3.05, 3.63) is 50.4 Å². The third kappa shape index (κ3) is 4.33. The second-order valence-corrected chi connectivity index (χ2v) is 8.48. The molecule has 114 valence electrons. The standard InChI is InChI=1S/C13H13BrFNO3S2/c14-13-12(7-11(8-17)20-13)21(18,19)16-5-4-9-2-1-3-10(15)6-9/h1-3,6-7,16-17H,4-5,8H2. The molecule has 0 aliphatic heterocycles. The van der Waals surface area contributed by atoms with Gasteiger partial charge in [0, 0.05) is 11.4 Å². The summed E-state index contributed by atoms with van der Waals surface area (Å²) in [6.45, 7) is -0.0371. The minimum Gasteiger partial charge on any atom is -0.391 e. The monoisotopic (exact) mass is 393 g/mol. The van der Waals surface area contributed by atoms with E-state index in [4.69, 9.17) is 5.11 Å². The van der Waals surface area contributed by atoms with E-state index in [-0.39, 0.29) is 23.9 Å². The summed E-state index contributed by atoms with van der Waals surface area (Å²) in [5.74, 6) is -0.344. The van der Waals surface area contributed by atoms with Crippen molar-refractivity contribution in [1.29, 1.82) is 0 Å². The highest BCUT2D eigenvalue weighted by molar-refractivity contribution is 9.11. The van der Waals surface area contributed by atoms with Gasteiger partial charge in [-0.05, 0) is 46.1 Å². The van der Waals surface area contributed by atoms with Crippen molar-refractivity contribution in [2.75, 3.05) is 6.54 Å². The van der Waals surface area contributed by atoms with E-state index in [1.54, 1.807) is 12.1 Å². The van der Waals surface area contributed by atoms with Gasteiger partial charge in [0.25, 0.3) is 0 Å². The maximum Gasteiger partial charge on any atom is 0.242 e. The number of aliphatic hydroxyl groups is 1. The van der Waals surface area contributed by atoms with Crippen molar-refractivity contribution in [1.82, 2.24) is 4.72 Å². The molecule has 0 radical (unpaired) electrons. The number of halogens is 2. The fourth-order valence-electron chi connectivity index (χ4n) is 1.76. The van der Waals surface area contributed by atoms with Gasteiger partial charge >= 0.3 is 0 Å². The Morgan fingerprint density at radius 1 is 1.33 bits per heavy atom. The van der Waals surface area contributed by atoms with Crippen molar-refractivity contribution >= 4 is 37.3 Å². The predicted octanol–water partition coefficient (Wildman–Crippen LogP) is 2.66. The molecular formula is C13H13BrFNO3S2. The minimum absolute atomic E-state index is 0.107. The van der Waals surface area contributed by atoms with Gasteiger partial charge in [0.05, 0.1) is 10.4 Å². The topological polar surface area (TPSA) is 66.4 Å². The molecular weight excluding hydrogens is 381 g/mol. The Hall–Kier alpha value is -0.800. The molecule has 8 heteroatoms. The van der Waals surface area contributed by atoms with Gasteiger partial charge in [-0.15, -0.1) is 11.3 Å². The van der Waals surface area contributed by atoms with Crippen molar-refractivity contribution in [2.24, 2.45) is 0 Å². The van der Waals surface area contributed by atoms with Crippen LogP contribution in [0.3, 0.4) is 0 Å². The lowest BCUT2D eigenvalue weighted by atomic mass is 10.1. The summed E-state index contributed by atoms with van der Waals surface area (Å²) < 4.78 is 40.2. The Morgan fingerprint density at radius 3 is 2.71 bits per heavy atom. The quantitative estimate of drug-likeness (QED) is 0.792. The molecule has 0 spiro atoms. The first-order valence-corrected chi connectivity index (χ1v) is 9.15. The van der Waals surface area contributed by atoms with Crippen LogP contribution < -0.4 is 4.72 Å². The highest BCUT2D eigenvalue weighted by Gasteiger charge is 2.20. The third-order valence-corrected chi connectivity index (χ3v) is 6.44. The zero-order chi connectivity index (χ0) is 15.5. The Morgan fingerprint density at radius 2 is 2.10 bits per heavy atom. The van der Waals surface area contributed by atoms with E-state index in [0.717, 1.165) is 5.56 Å². The third-order valence-electron chi connectivity index (χ3n) is 2.75. The molecule has 21 heavy (non-hydrogen) atoms. The van der Waals surface area contributed by atoms with Gasteiger partial charge in [-0.3, -0.25) is 0 Å². The van der Waals surface area contributed by atoms with Gasteiger partial charge in [-0.25, -0.2) is 17.5 Å². The summed E-state index contributed by atoms with van der Waals surface area (Å²) in [4.78, 5) is 0.670. The van der Waals surface area contributed by atoms with Crippen LogP contribution in [0.1, 0.15) is 10.4 Å².